The molecule has 3 rings (SSSR count). The molecule has 21 heavy (non-hydrogen) atoms. The van der Waals surface area contributed by atoms with E-state index >= 15 is 0 Å². The first kappa shape index (κ1) is 13.8. The van der Waals surface area contributed by atoms with Gasteiger partial charge in [-0.15, -0.1) is 0 Å². The molecule has 2 atom stereocenters. The van der Waals surface area contributed by atoms with E-state index in [1.807, 2.05) is 37.3 Å². The Hall–Kier alpha value is -2.14. The number of hydrogen-bond acceptors (Lipinski definition) is 5. The van der Waals surface area contributed by atoms with Crippen LogP contribution in [0.25, 0.3) is 0 Å². The van der Waals surface area contributed by atoms with E-state index in [0.29, 0.717) is 18.9 Å². The normalized spacial score (nSPS) is 21.6. The lowest BCUT2D eigenvalue weighted by molar-refractivity contribution is 0.194. The number of hydrogen-bond donors (Lipinski definition) is 1. The zero-order chi connectivity index (χ0) is 14.8. The van der Waals surface area contributed by atoms with Gasteiger partial charge in [0.1, 0.15) is 5.75 Å². The monoisotopic (exact) mass is 285 g/mol. The van der Waals surface area contributed by atoms with Crippen LogP contribution in [0.1, 0.15) is 23.7 Å². The van der Waals surface area contributed by atoms with Crippen LogP contribution >= 0.6 is 0 Å². The van der Waals surface area contributed by atoms with Crippen molar-refractivity contribution in [1.29, 1.82) is 0 Å². The molecule has 110 valence electrons. The van der Waals surface area contributed by atoms with E-state index in [1.54, 1.807) is 13.3 Å². The highest BCUT2D eigenvalue weighted by Gasteiger charge is 2.33. The van der Waals surface area contributed by atoms with Gasteiger partial charge in [-0.2, -0.15) is 0 Å². The molecule has 5 nitrogen and oxygen atoms in total. The number of aliphatic hydroxyl groups is 1. The SMILES string of the molecule is COc1cccc([C@H]2C[C@@H](O)CN2c2nccc(C)n2)c1. The van der Waals surface area contributed by atoms with Crippen LogP contribution in [0.5, 0.6) is 5.75 Å². The fourth-order valence-electron chi connectivity index (χ4n) is 2.77. The number of nitrogens with zero attached hydrogens (tertiary/aromatic N) is 3. The zero-order valence-corrected chi connectivity index (χ0v) is 12.2. The van der Waals surface area contributed by atoms with Gasteiger partial charge in [-0.1, -0.05) is 12.1 Å². The minimum absolute atomic E-state index is 0.0666. The Balaban J connectivity index is 1.95. The van der Waals surface area contributed by atoms with E-state index in [2.05, 4.69) is 14.9 Å². The molecule has 5 heteroatoms. The van der Waals surface area contributed by atoms with E-state index in [4.69, 9.17) is 4.74 Å². The molecule has 0 unspecified atom stereocenters. The lowest BCUT2D eigenvalue weighted by atomic mass is 10.0. The maximum Gasteiger partial charge on any atom is 0.226 e. The summed E-state index contributed by atoms with van der Waals surface area (Å²) in [6.07, 6.45) is 2.06. The van der Waals surface area contributed by atoms with Crippen molar-refractivity contribution in [2.75, 3.05) is 18.6 Å². The fourth-order valence-corrected chi connectivity index (χ4v) is 2.77. The molecule has 0 amide bonds. The minimum atomic E-state index is -0.370. The van der Waals surface area contributed by atoms with Crippen molar-refractivity contribution >= 4 is 5.95 Å². The lowest BCUT2D eigenvalue weighted by Gasteiger charge is -2.25. The van der Waals surface area contributed by atoms with Crippen LogP contribution in [-0.4, -0.2) is 34.8 Å². The van der Waals surface area contributed by atoms with E-state index < -0.39 is 0 Å². The fraction of sp³-hybridized carbons (Fsp3) is 0.375. The first-order chi connectivity index (χ1) is 10.2. The van der Waals surface area contributed by atoms with Crippen molar-refractivity contribution in [3.05, 3.63) is 47.8 Å². The summed E-state index contributed by atoms with van der Waals surface area (Å²) in [6.45, 7) is 2.49. The van der Waals surface area contributed by atoms with Gasteiger partial charge in [0.2, 0.25) is 5.95 Å². The Bertz CT molecular complexity index is 632. The Kier molecular flexibility index (Phi) is 3.75. The van der Waals surface area contributed by atoms with Gasteiger partial charge in [-0.25, -0.2) is 9.97 Å². The maximum atomic E-state index is 10.1. The summed E-state index contributed by atoms with van der Waals surface area (Å²) < 4.78 is 5.29. The molecule has 0 saturated carbocycles. The van der Waals surface area contributed by atoms with Crippen LogP contribution in [0.2, 0.25) is 0 Å². The Labute approximate surface area is 124 Å². The number of rotatable bonds is 3. The highest BCUT2D eigenvalue weighted by atomic mass is 16.5. The number of ether oxygens (including phenoxy) is 1. The summed E-state index contributed by atoms with van der Waals surface area (Å²) in [6, 6.07) is 9.88. The van der Waals surface area contributed by atoms with Gasteiger partial charge in [-0.3, -0.25) is 0 Å². The first-order valence-corrected chi connectivity index (χ1v) is 7.05. The van der Waals surface area contributed by atoms with Gasteiger partial charge in [0, 0.05) is 18.4 Å². The predicted octanol–water partition coefficient (Wildman–Crippen LogP) is 2.11. The molecule has 0 bridgehead atoms. The second kappa shape index (κ2) is 5.69. The third-order valence-electron chi connectivity index (χ3n) is 3.80. The van der Waals surface area contributed by atoms with Crippen LogP contribution in [0.4, 0.5) is 5.95 Å². The maximum absolute atomic E-state index is 10.1. The Morgan fingerprint density at radius 3 is 2.95 bits per heavy atom. The van der Waals surface area contributed by atoms with E-state index in [9.17, 15) is 5.11 Å². The van der Waals surface area contributed by atoms with Crippen LogP contribution < -0.4 is 9.64 Å². The topological polar surface area (TPSA) is 58.5 Å². The third kappa shape index (κ3) is 2.83. The molecule has 2 aromatic rings. The molecular formula is C16H19N3O2. The highest BCUT2D eigenvalue weighted by molar-refractivity contribution is 5.41. The molecule has 1 aromatic heterocycles. The average molecular weight is 285 g/mol. The Morgan fingerprint density at radius 2 is 2.19 bits per heavy atom. The largest absolute Gasteiger partial charge is 0.497 e. The predicted molar refractivity (Wildman–Crippen MR) is 80.5 cm³/mol. The number of aromatic nitrogens is 2. The molecule has 0 radical (unpaired) electrons. The third-order valence-corrected chi connectivity index (χ3v) is 3.80. The standard InChI is InChI=1S/C16H19N3O2/c1-11-6-7-17-16(18-11)19-10-13(20)9-15(19)12-4-3-5-14(8-12)21-2/h3-8,13,15,20H,9-10H2,1-2H3/t13-,15-/m1/s1. The second-order valence-corrected chi connectivity index (χ2v) is 5.33. The molecule has 1 fully saturated rings. The van der Waals surface area contributed by atoms with Gasteiger partial charge in [0.05, 0.1) is 19.3 Å². The number of anilines is 1. The van der Waals surface area contributed by atoms with E-state index in [0.717, 1.165) is 17.0 Å². The van der Waals surface area contributed by atoms with Crippen LogP contribution in [0, 0.1) is 6.92 Å². The van der Waals surface area contributed by atoms with Crippen LogP contribution in [0.15, 0.2) is 36.5 Å². The molecule has 1 aliphatic rings. The summed E-state index contributed by atoms with van der Waals surface area (Å²) in [4.78, 5) is 10.9. The molecule has 2 heterocycles. The van der Waals surface area contributed by atoms with Gasteiger partial charge in [-0.05, 0) is 37.1 Å². The Morgan fingerprint density at radius 1 is 1.33 bits per heavy atom. The van der Waals surface area contributed by atoms with Crippen molar-refractivity contribution in [2.24, 2.45) is 0 Å². The number of benzene rings is 1. The van der Waals surface area contributed by atoms with Crippen molar-refractivity contribution in [1.82, 2.24) is 9.97 Å². The molecule has 1 aliphatic heterocycles. The molecule has 1 saturated heterocycles. The number of aliphatic hydroxyl groups excluding tert-OH is 1. The second-order valence-electron chi connectivity index (χ2n) is 5.33. The van der Waals surface area contributed by atoms with Crippen molar-refractivity contribution < 1.29 is 9.84 Å². The minimum Gasteiger partial charge on any atom is -0.497 e. The van der Waals surface area contributed by atoms with Gasteiger partial charge >= 0.3 is 0 Å². The molecule has 0 aliphatic carbocycles. The van der Waals surface area contributed by atoms with E-state index in [1.165, 1.54) is 0 Å². The van der Waals surface area contributed by atoms with Crippen molar-refractivity contribution in [3.8, 4) is 5.75 Å². The zero-order valence-electron chi connectivity index (χ0n) is 12.2. The highest BCUT2D eigenvalue weighted by Crippen LogP contribution is 2.35. The summed E-state index contributed by atoms with van der Waals surface area (Å²) in [5.41, 5.74) is 2.03. The number of methoxy groups -OCH3 is 1. The quantitative estimate of drug-likeness (QED) is 0.936. The summed E-state index contributed by atoms with van der Waals surface area (Å²) in [5, 5.41) is 10.1. The van der Waals surface area contributed by atoms with Crippen molar-refractivity contribution in [2.45, 2.75) is 25.5 Å². The molecule has 0 spiro atoms. The number of β-amino-alcohol motifs (C(OH)–C–C–N with tert-alkyl or cyclic N) is 1. The van der Waals surface area contributed by atoms with E-state index in [-0.39, 0.29) is 12.1 Å². The van der Waals surface area contributed by atoms with Crippen LogP contribution in [0.3, 0.4) is 0 Å². The lowest BCUT2D eigenvalue weighted by Crippen LogP contribution is -2.26. The summed E-state index contributed by atoms with van der Waals surface area (Å²) >= 11 is 0. The summed E-state index contributed by atoms with van der Waals surface area (Å²) in [7, 11) is 1.66. The molecule has 1 N–H and O–H groups in total. The van der Waals surface area contributed by atoms with Crippen molar-refractivity contribution in [3.63, 3.8) is 0 Å². The average Bonchev–Trinajstić information content (AvgIpc) is 2.89. The number of aryl methyl sites for hydroxylation is 1. The molecular weight excluding hydrogens is 266 g/mol. The smallest absolute Gasteiger partial charge is 0.226 e. The van der Waals surface area contributed by atoms with Crippen LogP contribution in [-0.2, 0) is 0 Å². The van der Waals surface area contributed by atoms with Gasteiger partial charge in [0.25, 0.3) is 0 Å². The summed E-state index contributed by atoms with van der Waals surface area (Å²) in [5.74, 6) is 1.48. The van der Waals surface area contributed by atoms with Gasteiger partial charge < -0.3 is 14.7 Å². The van der Waals surface area contributed by atoms with Gasteiger partial charge in [0.15, 0.2) is 0 Å². The molecule has 1 aromatic carbocycles. The first-order valence-electron chi connectivity index (χ1n) is 7.05.